The highest BCUT2D eigenvalue weighted by Crippen LogP contribution is 2.02. The molecule has 0 spiro atoms. The molecular formula is C10H6N2S. The summed E-state index contributed by atoms with van der Waals surface area (Å²) in [5, 5.41) is 0. The molecule has 2 heterocycles. The molecule has 0 amide bonds. The number of nitrogens with zero attached hydrogens (tertiary/aromatic N) is 2. The van der Waals surface area contributed by atoms with Crippen LogP contribution in [0.4, 0.5) is 0 Å². The molecule has 62 valence electrons. The Morgan fingerprint density at radius 2 is 2.23 bits per heavy atom. The average molecular weight is 186 g/mol. The summed E-state index contributed by atoms with van der Waals surface area (Å²) < 4.78 is 0. The van der Waals surface area contributed by atoms with Crippen molar-refractivity contribution in [1.29, 1.82) is 0 Å². The first kappa shape index (κ1) is 7.96. The van der Waals surface area contributed by atoms with Gasteiger partial charge >= 0.3 is 0 Å². The van der Waals surface area contributed by atoms with Gasteiger partial charge in [-0.3, -0.25) is 4.98 Å². The highest BCUT2D eigenvalue weighted by atomic mass is 32.1. The molecule has 0 fully saturated rings. The van der Waals surface area contributed by atoms with Crippen LogP contribution in [0.5, 0.6) is 0 Å². The van der Waals surface area contributed by atoms with E-state index in [-0.39, 0.29) is 0 Å². The van der Waals surface area contributed by atoms with Gasteiger partial charge in [0.1, 0.15) is 5.69 Å². The minimum Gasteiger partial charge on any atom is -0.252 e. The second kappa shape index (κ2) is 3.83. The van der Waals surface area contributed by atoms with Crippen molar-refractivity contribution in [1.82, 2.24) is 9.97 Å². The molecule has 0 aromatic carbocycles. The lowest BCUT2D eigenvalue weighted by atomic mass is 10.3. The van der Waals surface area contributed by atoms with E-state index in [1.807, 2.05) is 18.2 Å². The van der Waals surface area contributed by atoms with Gasteiger partial charge in [0.2, 0.25) is 0 Å². The van der Waals surface area contributed by atoms with Crippen LogP contribution >= 0.6 is 11.3 Å². The predicted molar refractivity (Wildman–Crippen MR) is 52.3 cm³/mol. The van der Waals surface area contributed by atoms with Gasteiger partial charge in [0, 0.05) is 6.20 Å². The summed E-state index contributed by atoms with van der Waals surface area (Å²) in [6.45, 7) is 0. The second-order valence-electron chi connectivity index (χ2n) is 2.33. The van der Waals surface area contributed by atoms with Crippen LogP contribution in [0.25, 0.3) is 0 Å². The second-order valence-corrected chi connectivity index (χ2v) is 3.22. The molecule has 0 saturated heterocycles. The SMILES string of the molecule is C(#Cc1cncs1)c1ccccn1. The van der Waals surface area contributed by atoms with E-state index < -0.39 is 0 Å². The van der Waals surface area contributed by atoms with Crippen molar-refractivity contribution in [2.24, 2.45) is 0 Å². The van der Waals surface area contributed by atoms with Crippen LogP contribution in [-0.2, 0) is 0 Å². The standard InChI is InChI=1S/C10H6N2S/c1-2-6-12-9(3-1)4-5-10-7-11-8-13-10/h1-3,6-8H. The monoisotopic (exact) mass is 186 g/mol. The Hall–Kier alpha value is -1.66. The molecule has 2 rings (SSSR count). The third-order valence-corrected chi connectivity index (χ3v) is 2.10. The Kier molecular flexibility index (Phi) is 2.35. The summed E-state index contributed by atoms with van der Waals surface area (Å²) in [5.41, 5.74) is 2.55. The molecule has 0 bridgehead atoms. The minimum absolute atomic E-state index is 0.788. The molecule has 0 unspecified atom stereocenters. The fourth-order valence-electron chi connectivity index (χ4n) is 0.840. The van der Waals surface area contributed by atoms with E-state index in [1.54, 1.807) is 17.9 Å². The number of rotatable bonds is 0. The highest BCUT2D eigenvalue weighted by molar-refractivity contribution is 7.10. The van der Waals surface area contributed by atoms with Gasteiger partial charge in [-0.2, -0.15) is 0 Å². The summed E-state index contributed by atoms with van der Waals surface area (Å²) in [4.78, 5) is 8.98. The Balaban J connectivity index is 2.23. The number of thiazole rings is 1. The van der Waals surface area contributed by atoms with Crippen molar-refractivity contribution in [2.75, 3.05) is 0 Å². The van der Waals surface area contributed by atoms with Crippen LogP contribution in [-0.4, -0.2) is 9.97 Å². The van der Waals surface area contributed by atoms with Gasteiger partial charge in [0.25, 0.3) is 0 Å². The Morgan fingerprint density at radius 3 is 2.92 bits per heavy atom. The summed E-state index contributed by atoms with van der Waals surface area (Å²) in [6, 6.07) is 5.68. The topological polar surface area (TPSA) is 25.8 Å². The van der Waals surface area contributed by atoms with Crippen LogP contribution in [0.3, 0.4) is 0 Å². The molecule has 0 N–H and O–H groups in total. The molecule has 0 radical (unpaired) electrons. The fourth-order valence-corrected chi connectivity index (χ4v) is 1.31. The van der Waals surface area contributed by atoms with Gasteiger partial charge in [-0.05, 0) is 24.0 Å². The Labute approximate surface area is 80.3 Å². The van der Waals surface area contributed by atoms with Crippen LogP contribution in [0.1, 0.15) is 10.6 Å². The minimum atomic E-state index is 0.788. The summed E-state index contributed by atoms with van der Waals surface area (Å²) in [6.07, 6.45) is 3.48. The molecule has 0 saturated carbocycles. The number of pyridine rings is 1. The maximum absolute atomic E-state index is 4.09. The van der Waals surface area contributed by atoms with E-state index in [4.69, 9.17) is 0 Å². The van der Waals surface area contributed by atoms with E-state index >= 15 is 0 Å². The molecule has 2 nitrogen and oxygen atoms in total. The third-order valence-electron chi connectivity index (χ3n) is 1.41. The smallest absolute Gasteiger partial charge is 0.113 e. The van der Waals surface area contributed by atoms with Gasteiger partial charge in [-0.25, -0.2) is 4.98 Å². The fraction of sp³-hybridized carbons (Fsp3) is 0. The van der Waals surface area contributed by atoms with E-state index in [9.17, 15) is 0 Å². The van der Waals surface area contributed by atoms with Gasteiger partial charge < -0.3 is 0 Å². The zero-order chi connectivity index (χ0) is 8.93. The number of aromatic nitrogens is 2. The summed E-state index contributed by atoms with van der Waals surface area (Å²) in [5.74, 6) is 5.94. The van der Waals surface area contributed by atoms with Gasteiger partial charge in [0.15, 0.2) is 0 Å². The molecule has 0 aliphatic heterocycles. The largest absolute Gasteiger partial charge is 0.252 e. The maximum Gasteiger partial charge on any atom is 0.113 e. The van der Waals surface area contributed by atoms with Crippen LogP contribution in [0.2, 0.25) is 0 Å². The lowest BCUT2D eigenvalue weighted by molar-refractivity contribution is 1.29. The molecular weight excluding hydrogens is 180 g/mol. The van der Waals surface area contributed by atoms with E-state index in [0.29, 0.717) is 0 Å². The van der Waals surface area contributed by atoms with Crippen LogP contribution in [0, 0.1) is 11.8 Å². The molecule has 3 heteroatoms. The van der Waals surface area contributed by atoms with Crippen LogP contribution < -0.4 is 0 Å². The summed E-state index contributed by atoms with van der Waals surface area (Å²) in [7, 11) is 0. The number of hydrogen-bond acceptors (Lipinski definition) is 3. The molecule has 2 aromatic rings. The van der Waals surface area contributed by atoms with E-state index in [1.165, 1.54) is 11.3 Å². The quantitative estimate of drug-likeness (QED) is 0.587. The first-order valence-corrected chi connectivity index (χ1v) is 4.65. The molecule has 13 heavy (non-hydrogen) atoms. The molecule has 0 aliphatic rings. The lowest BCUT2D eigenvalue weighted by Crippen LogP contribution is -1.77. The highest BCUT2D eigenvalue weighted by Gasteiger charge is 1.86. The van der Waals surface area contributed by atoms with E-state index in [2.05, 4.69) is 21.8 Å². The van der Waals surface area contributed by atoms with Gasteiger partial charge in [0.05, 0.1) is 16.6 Å². The van der Waals surface area contributed by atoms with Crippen molar-refractivity contribution >= 4 is 11.3 Å². The predicted octanol–water partition coefficient (Wildman–Crippen LogP) is 1.94. The van der Waals surface area contributed by atoms with Crippen molar-refractivity contribution in [3.8, 4) is 11.8 Å². The third kappa shape index (κ3) is 2.14. The zero-order valence-corrected chi connectivity index (χ0v) is 7.58. The van der Waals surface area contributed by atoms with Gasteiger partial charge in [-0.1, -0.05) is 6.07 Å². The normalized spacial score (nSPS) is 8.92. The summed E-state index contributed by atoms with van der Waals surface area (Å²) >= 11 is 1.53. The first-order chi connectivity index (χ1) is 6.45. The molecule has 2 aromatic heterocycles. The maximum atomic E-state index is 4.09. The lowest BCUT2D eigenvalue weighted by Gasteiger charge is -1.84. The Morgan fingerprint density at radius 1 is 1.23 bits per heavy atom. The average Bonchev–Trinajstić information content (AvgIpc) is 2.69. The molecule has 0 atom stereocenters. The van der Waals surface area contributed by atoms with Crippen molar-refractivity contribution in [3.63, 3.8) is 0 Å². The van der Waals surface area contributed by atoms with E-state index in [0.717, 1.165) is 10.6 Å². The van der Waals surface area contributed by atoms with Crippen molar-refractivity contribution in [3.05, 3.63) is 46.7 Å². The van der Waals surface area contributed by atoms with Crippen molar-refractivity contribution in [2.45, 2.75) is 0 Å². The first-order valence-electron chi connectivity index (χ1n) is 3.77. The van der Waals surface area contributed by atoms with Crippen molar-refractivity contribution < 1.29 is 0 Å². The van der Waals surface area contributed by atoms with Gasteiger partial charge in [-0.15, -0.1) is 11.3 Å². The molecule has 0 aliphatic carbocycles. The van der Waals surface area contributed by atoms with Crippen LogP contribution in [0.15, 0.2) is 36.1 Å². The zero-order valence-electron chi connectivity index (χ0n) is 6.77. The number of hydrogen-bond donors (Lipinski definition) is 0. The Bertz CT molecular complexity index is 423.